The first kappa shape index (κ1) is 14.9. The highest BCUT2D eigenvalue weighted by Crippen LogP contribution is 2.06. The molecule has 6 heteroatoms. The molecule has 0 saturated carbocycles. The molecule has 1 aliphatic heterocycles. The minimum Gasteiger partial charge on any atom is -0.481 e. The summed E-state index contributed by atoms with van der Waals surface area (Å²) in [5.41, 5.74) is 0. The Bertz CT molecular complexity index is 308. The smallest absolute Gasteiger partial charge is 0.307 e. The lowest BCUT2D eigenvalue weighted by Gasteiger charge is -2.32. The number of morpholine rings is 1. The first-order chi connectivity index (χ1) is 8.40. The number of hydrogen-bond donors (Lipinski definition) is 1. The van der Waals surface area contributed by atoms with Crippen LogP contribution in [0.2, 0.25) is 0 Å². The normalized spacial score (nSPS) is 22.0. The van der Waals surface area contributed by atoms with Crippen molar-refractivity contribution in [1.29, 1.82) is 0 Å². The Morgan fingerprint density at radius 2 is 2.22 bits per heavy atom. The van der Waals surface area contributed by atoms with Crippen LogP contribution in [0.4, 0.5) is 0 Å². The lowest BCUT2D eigenvalue weighted by Crippen LogP contribution is -2.48. The van der Waals surface area contributed by atoms with Gasteiger partial charge in [0.15, 0.2) is 0 Å². The largest absolute Gasteiger partial charge is 0.481 e. The molecule has 2 unspecified atom stereocenters. The molecule has 1 amide bonds. The average Bonchev–Trinajstić information content (AvgIpc) is 2.28. The fourth-order valence-electron chi connectivity index (χ4n) is 1.99. The molecule has 18 heavy (non-hydrogen) atoms. The third-order valence-corrected chi connectivity index (χ3v) is 3.01. The Morgan fingerprint density at radius 3 is 2.78 bits per heavy atom. The van der Waals surface area contributed by atoms with E-state index in [2.05, 4.69) is 0 Å². The van der Waals surface area contributed by atoms with Gasteiger partial charge in [0.05, 0.1) is 25.2 Å². The maximum atomic E-state index is 12.0. The molecule has 0 aromatic carbocycles. The van der Waals surface area contributed by atoms with Crippen molar-refractivity contribution < 1.29 is 19.4 Å². The molecule has 1 fully saturated rings. The van der Waals surface area contributed by atoms with Crippen LogP contribution in [0.15, 0.2) is 0 Å². The third kappa shape index (κ3) is 4.62. The molecule has 0 aliphatic carbocycles. The summed E-state index contributed by atoms with van der Waals surface area (Å²) in [7, 11) is 1.77. The summed E-state index contributed by atoms with van der Waals surface area (Å²) < 4.78 is 5.37. The maximum Gasteiger partial charge on any atom is 0.307 e. The number of amides is 1. The van der Waals surface area contributed by atoms with Crippen LogP contribution in [0, 0.1) is 5.92 Å². The number of carbonyl (C=O) groups is 2. The van der Waals surface area contributed by atoms with Crippen molar-refractivity contribution >= 4 is 11.9 Å². The van der Waals surface area contributed by atoms with Gasteiger partial charge >= 0.3 is 5.97 Å². The van der Waals surface area contributed by atoms with Gasteiger partial charge in [-0.25, -0.2) is 0 Å². The molecule has 1 heterocycles. The number of carboxylic acids is 1. The van der Waals surface area contributed by atoms with Crippen molar-refractivity contribution in [3.05, 3.63) is 0 Å². The van der Waals surface area contributed by atoms with E-state index in [1.165, 1.54) is 0 Å². The van der Waals surface area contributed by atoms with Crippen molar-refractivity contribution in [2.45, 2.75) is 20.0 Å². The van der Waals surface area contributed by atoms with Crippen LogP contribution in [-0.2, 0) is 14.3 Å². The second-order valence-corrected chi connectivity index (χ2v) is 4.96. The minimum absolute atomic E-state index is 0.0326. The molecular formula is C12H22N2O4. The van der Waals surface area contributed by atoms with Gasteiger partial charge in [-0.3, -0.25) is 14.5 Å². The summed E-state index contributed by atoms with van der Waals surface area (Å²) in [5, 5.41) is 8.81. The number of aliphatic carboxylic acids is 1. The molecule has 6 nitrogen and oxygen atoms in total. The van der Waals surface area contributed by atoms with E-state index in [0.29, 0.717) is 26.2 Å². The van der Waals surface area contributed by atoms with E-state index in [1.54, 1.807) is 23.8 Å². The van der Waals surface area contributed by atoms with Gasteiger partial charge in [-0.05, 0) is 14.0 Å². The minimum atomic E-state index is -0.839. The highest BCUT2D eigenvalue weighted by atomic mass is 16.5. The van der Waals surface area contributed by atoms with Crippen LogP contribution in [-0.4, -0.2) is 72.7 Å². The van der Waals surface area contributed by atoms with Crippen molar-refractivity contribution in [3.8, 4) is 0 Å². The van der Waals surface area contributed by atoms with E-state index in [-0.39, 0.29) is 18.6 Å². The van der Waals surface area contributed by atoms with Crippen LogP contribution in [0.1, 0.15) is 13.8 Å². The molecule has 0 bridgehead atoms. The van der Waals surface area contributed by atoms with Gasteiger partial charge < -0.3 is 14.7 Å². The summed E-state index contributed by atoms with van der Waals surface area (Å²) in [6, 6.07) is 0. The summed E-state index contributed by atoms with van der Waals surface area (Å²) in [6.07, 6.45) is 0.0750. The van der Waals surface area contributed by atoms with Gasteiger partial charge in [0.25, 0.3) is 0 Å². The van der Waals surface area contributed by atoms with Gasteiger partial charge in [0, 0.05) is 19.6 Å². The molecule has 0 spiro atoms. The number of rotatable bonds is 5. The molecule has 0 aromatic heterocycles. The van der Waals surface area contributed by atoms with Gasteiger partial charge in [-0.1, -0.05) is 6.92 Å². The Labute approximate surface area is 107 Å². The molecule has 2 atom stereocenters. The first-order valence-corrected chi connectivity index (χ1v) is 6.21. The van der Waals surface area contributed by atoms with Crippen LogP contribution in [0.25, 0.3) is 0 Å². The second-order valence-electron chi connectivity index (χ2n) is 4.96. The number of likely N-dealkylation sites (N-methyl/N-ethyl adjacent to an activating group) is 1. The number of hydrogen-bond acceptors (Lipinski definition) is 4. The molecule has 1 saturated heterocycles. The zero-order valence-corrected chi connectivity index (χ0v) is 11.3. The van der Waals surface area contributed by atoms with Crippen LogP contribution in [0.5, 0.6) is 0 Å². The first-order valence-electron chi connectivity index (χ1n) is 6.21. The van der Waals surface area contributed by atoms with Crippen molar-refractivity contribution in [2.75, 3.05) is 39.8 Å². The highest BCUT2D eigenvalue weighted by molar-refractivity contribution is 5.78. The van der Waals surface area contributed by atoms with E-state index >= 15 is 0 Å². The molecule has 104 valence electrons. The number of carboxylic acid groups (broad SMARTS) is 1. The van der Waals surface area contributed by atoms with Crippen LogP contribution < -0.4 is 0 Å². The lowest BCUT2D eigenvalue weighted by atomic mass is 10.2. The zero-order valence-electron chi connectivity index (χ0n) is 11.3. The highest BCUT2D eigenvalue weighted by Gasteiger charge is 2.23. The lowest BCUT2D eigenvalue weighted by molar-refractivity contribution is -0.143. The van der Waals surface area contributed by atoms with Gasteiger partial charge in [0.1, 0.15) is 0 Å². The Balaban J connectivity index is 2.36. The molecular weight excluding hydrogens is 236 g/mol. The standard InChI is InChI=1S/C12H22N2O4/c1-9(12(16)17)6-13(3)8-11(15)14-4-5-18-10(2)7-14/h9-10H,4-8H2,1-3H3,(H,16,17). The number of nitrogens with zero attached hydrogens (tertiary/aromatic N) is 2. The second kappa shape index (κ2) is 6.70. The number of ether oxygens (including phenoxy) is 1. The Kier molecular flexibility index (Phi) is 5.55. The zero-order chi connectivity index (χ0) is 13.7. The monoisotopic (exact) mass is 258 g/mol. The summed E-state index contributed by atoms with van der Waals surface area (Å²) >= 11 is 0. The Morgan fingerprint density at radius 1 is 1.56 bits per heavy atom. The fraction of sp³-hybridized carbons (Fsp3) is 0.833. The third-order valence-electron chi connectivity index (χ3n) is 3.01. The van der Waals surface area contributed by atoms with Crippen LogP contribution in [0.3, 0.4) is 0 Å². The van der Waals surface area contributed by atoms with Gasteiger partial charge in [-0.15, -0.1) is 0 Å². The summed E-state index contributed by atoms with van der Waals surface area (Å²) in [6.45, 7) is 6.01. The van der Waals surface area contributed by atoms with Gasteiger partial charge in [-0.2, -0.15) is 0 Å². The number of carbonyl (C=O) groups excluding carboxylic acids is 1. The predicted molar refractivity (Wildman–Crippen MR) is 66.3 cm³/mol. The van der Waals surface area contributed by atoms with Gasteiger partial charge in [0.2, 0.25) is 5.91 Å². The van der Waals surface area contributed by atoms with E-state index in [1.807, 2.05) is 6.92 Å². The van der Waals surface area contributed by atoms with Crippen LogP contribution >= 0.6 is 0 Å². The molecule has 1 aliphatic rings. The molecule has 1 N–H and O–H groups in total. The molecule has 0 aromatic rings. The van der Waals surface area contributed by atoms with E-state index in [4.69, 9.17) is 9.84 Å². The van der Waals surface area contributed by atoms with Crippen molar-refractivity contribution in [2.24, 2.45) is 5.92 Å². The average molecular weight is 258 g/mol. The predicted octanol–water partition coefficient (Wildman–Crippen LogP) is -0.114. The maximum absolute atomic E-state index is 12.0. The SMILES string of the molecule is CC1CN(C(=O)CN(C)CC(C)C(=O)O)CCO1. The topological polar surface area (TPSA) is 70.1 Å². The van der Waals surface area contributed by atoms with E-state index < -0.39 is 11.9 Å². The fourth-order valence-corrected chi connectivity index (χ4v) is 1.99. The van der Waals surface area contributed by atoms with Crippen molar-refractivity contribution in [3.63, 3.8) is 0 Å². The summed E-state index contributed by atoms with van der Waals surface area (Å²) in [5.74, 6) is -1.27. The molecule has 0 radical (unpaired) electrons. The van der Waals surface area contributed by atoms with E-state index in [9.17, 15) is 9.59 Å². The van der Waals surface area contributed by atoms with E-state index in [0.717, 1.165) is 0 Å². The quantitative estimate of drug-likeness (QED) is 0.745. The molecule has 1 rings (SSSR count). The Hall–Kier alpha value is -1.14. The summed E-state index contributed by atoms with van der Waals surface area (Å²) in [4.78, 5) is 26.2. The van der Waals surface area contributed by atoms with Crippen molar-refractivity contribution in [1.82, 2.24) is 9.80 Å².